The number of hydrogen-bond acceptors (Lipinski definition) is 4. The minimum Gasteiger partial charge on any atom is -0.511 e. The lowest BCUT2D eigenvalue weighted by Crippen LogP contribution is -2.18. The molecule has 0 radical (unpaired) electrons. The third-order valence-corrected chi connectivity index (χ3v) is 4.89. The van der Waals surface area contributed by atoms with E-state index in [2.05, 4.69) is 4.99 Å². The monoisotopic (exact) mass is 323 g/mol. The Balaban J connectivity index is 2.02. The van der Waals surface area contributed by atoms with E-state index in [1.165, 1.54) is 18.7 Å². The van der Waals surface area contributed by atoms with Gasteiger partial charge in [-0.15, -0.1) is 0 Å². The second kappa shape index (κ2) is 6.84. The SMILES string of the molecule is CC(=O)C1=C(O)CC(c2ccccc2)SC1=Nc1ccccc1. The molecular weight excluding hydrogens is 306 g/mol. The van der Waals surface area contributed by atoms with Crippen molar-refractivity contribution in [2.45, 2.75) is 18.6 Å². The number of carbonyl (C=O) groups excluding carboxylic acids is 1. The molecule has 3 nitrogen and oxygen atoms in total. The van der Waals surface area contributed by atoms with E-state index in [0.717, 1.165) is 11.3 Å². The van der Waals surface area contributed by atoms with E-state index in [9.17, 15) is 9.90 Å². The second-order valence-electron chi connectivity index (χ2n) is 5.35. The minimum absolute atomic E-state index is 0.0572. The molecule has 0 bridgehead atoms. The number of Topliss-reactive ketones (excluding diaryl/α,β-unsaturated/α-hetero) is 1. The summed E-state index contributed by atoms with van der Waals surface area (Å²) >= 11 is 1.53. The van der Waals surface area contributed by atoms with Crippen LogP contribution in [0.3, 0.4) is 0 Å². The van der Waals surface area contributed by atoms with E-state index >= 15 is 0 Å². The highest BCUT2D eigenvalue weighted by Gasteiger charge is 2.30. The van der Waals surface area contributed by atoms with E-state index in [1.54, 1.807) is 0 Å². The molecule has 0 fully saturated rings. The van der Waals surface area contributed by atoms with Gasteiger partial charge in [-0.05, 0) is 24.6 Å². The summed E-state index contributed by atoms with van der Waals surface area (Å²) in [5.41, 5.74) is 2.23. The highest BCUT2D eigenvalue weighted by atomic mass is 32.2. The smallest absolute Gasteiger partial charge is 0.165 e. The van der Waals surface area contributed by atoms with Gasteiger partial charge in [0, 0.05) is 11.7 Å². The lowest BCUT2D eigenvalue weighted by Gasteiger charge is -2.24. The van der Waals surface area contributed by atoms with Crippen LogP contribution < -0.4 is 0 Å². The van der Waals surface area contributed by atoms with Gasteiger partial charge in [0.15, 0.2) is 5.78 Å². The topological polar surface area (TPSA) is 49.7 Å². The number of para-hydroxylation sites is 1. The predicted octanol–water partition coefficient (Wildman–Crippen LogP) is 5.00. The fraction of sp³-hybridized carbons (Fsp3) is 0.158. The molecule has 1 aliphatic rings. The average molecular weight is 323 g/mol. The molecule has 1 aliphatic heterocycles. The van der Waals surface area contributed by atoms with Crippen molar-refractivity contribution in [3.05, 3.63) is 77.6 Å². The molecule has 4 heteroatoms. The third kappa shape index (κ3) is 3.54. The van der Waals surface area contributed by atoms with Crippen LogP contribution in [0.5, 0.6) is 0 Å². The fourth-order valence-electron chi connectivity index (χ4n) is 2.55. The summed E-state index contributed by atoms with van der Waals surface area (Å²) in [6.07, 6.45) is 0.442. The Morgan fingerprint density at radius 1 is 1.09 bits per heavy atom. The largest absolute Gasteiger partial charge is 0.511 e. The second-order valence-corrected chi connectivity index (χ2v) is 6.54. The van der Waals surface area contributed by atoms with Crippen LogP contribution in [0.1, 0.15) is 24.2 Å². The first-order valence-corrected chi connectivity index (χ1v) is 8.32. The maximum atomic E-state index is 11.9. The van der Waals surface area contributed by atoms with Crippen molar-refractivity contribution in [2.75, 3.05) is 0 Å². The van der Waals surface area contributed by atoms with Crippen molar-refractivity contribution in [2.24, 2.45) is 4.99 Å². The molecule has 0 aliphatic carbocycles. The molecule has 1 N–H and O–H groups in total. The van der Waals surface area contributed by atoms with Crippen LogP contribution in [0.4, 0.5) is 5.69 Å². The summed E-state index contributed by atoms with van der Waals surface area (Å²) in [5, 5.41) is 11.0. The highest BCUT2D eigenvalue weighted by Crippen LogP contribution is 2.42. The highest BCUT2D eigenvalue weighted by molar-refractivity contribution is 8.14. The Morgan fingerprint density at radius 3 is 2.30 bits per heavy atom. The Hall–Kier alpha value is -2.33. The molecule has 1 heterocycles. The number of benzene rings is 2. The van der Waals surface area contributed by atoms with Gasteiger partial charge in [-0.1, -0.05) is 60.3 Å². The van der Waals surface area contributed by atoms with Crippen LogP contribution in [0.2, 0.25) is 0 Å². The summed E-state index contributed by atoms with van der Waals surface area (Å²) in [4.78, 5) is 16.5. The molecule has 0 amide bonds. The first-order valence-electron chi connectivity index (χ1n) is 7.44. The van der Waals surface area contributed by atoms with E-state index in [4.69, 9.17) is 0 Å². The molecule has 0 spiro atoms. The maximum Gasteiger partial charge on any atom is 0.165 e. The van der Waals surface area contributed by atoms with Crippen molar-refractivity contribution in [3.8, 4) is 0 Å². The Morgan fingerprint density at radius 2 is 1.70 bits per heavy atom. The third-order valence-electron chi connectivity index (χ3n) is 3.65. The molecule has 3 rings (SSSR count). The summed E-state index contributed by atoms with van der Waals surface area (Å²) in [6.45, 7) is 1.47. The van der Waals surface area contributed by atoms with E-state index < -0.39 is 0 Å². The summed E-state index contributed by atoms with van der Waals surface area (Å²) in [6, 6.07) is 19.5. The first-order chi connectivity index (χ1) is 11.1. The van der Waals surface area contributed by atoms with Crippen molar-refractivity contribution in [3.63, 3.8) is 0 Å². The van der Waals surface area contributed by atoms with Gasteiger partial charge in [0.2, 0.25) is 0 Å². The van der Waals surface area contributed by atoms with Crippen LogP contribution in [-0.2, 0) is 4.79 Å². The van der Waals surface area contributed by atoms with Crippen molar-refractivity contribution >= 4 is 28.3 Å². The number of allylic oxidation sites excluding steroid dienone is 1. The molecule has 0 aromatic heterocycles. The molecule has 23 heavy (non-hydrogen) atoms. The zero-order valence-corrected chi connectivity index (χ0v) is 13.6. The van der Waals surface area contributed by atoms with Crippen LogP contribution in [0, 0.1) is 0 Å². The Bertz CT molecular complexity index is 766. The standard InChI is InChI=1S/C19H17NO2S/c1-13(21)18-16(22)12-17(14-8-4-2-5-9-14)23-19(18)20-15-10-6-3-7-11-15/h2-11,17,22H,12H2,1H3. The molecular formula is C19H17NO2S. The van der Waals surface area contributed by atoms with Crippen LogP contribution in [0.15, 0.2) is 77.0 Å². The number of hydrogen-bond donors (Lipinski definition) is 1. The minimum atomic E-state index is -0.156. The molecule has 2 aromatic carbocycles. The molecule has 116 valence electrons. The number of thioether (sulfide) groups is 1. The lowest BCUT2D eigenvalue weighted by atomic mass is 10.0. The van der Waals surface area contributed by atoms with Gasteiger partial charge in [-0.25, -0.2) is 4.99 Å². The summed E-state index contributed by atoms with van der Waals surface area (Å²) in [5.74, 6) is -0.0315. The molecule has 0 saturated heterocycles. The van der Waals surface area contributed by atoms with Gasteiger partial charge in [-0.2, -0.15) is 0 Å². The van der Waals surface area contributed by atoms with Crippen molar-refractivity contribution in [1.29, 1.82) is 0 Å². The van der Waals surface area contributed by atoms with Gasteiger partial charge < -0.3 is 5.11 Å². The zero-order valence-electron chi connectivity index (χ0n) is 12.8. The van der Waals surface area contributed by atoms with E-state index in [0.29, 0.717) is 17.0 Å². The summed E-state index contributed by atoms with van der Waals surface area (Å²) < 4.78 is 0. The molecule has 1 atom stereocenters. The normalized spacial score (nSPS) is 19.9. The molecule has 0 saturated carbocycles. The maximum absolute atomic E-state index is 11.9. The van der Waals surface area contributed by atoms with Crippen LogP contribution >= 0.6 is 11.8 Å². The number of aliphatic hydroxyl groups is 1. The number of aliphatic hydroxyl groups excluding tert-OH is 1. The quantitative estimate of drug-likeness (QED) is 0.865. The van der Waals surface area contributed by atoms with E-state index in [1.807, 2.05) is 60.7 Å². The zero-order chi connectivity index (χ0) is 16.2. The Kier molecular flexibility index (Phi) is 4.63. The number of rotatable bonds is 3. The first kappa shape index (κ1) is 15.6. The number of aliphatic imine (C=N–C) groups is 1. The Labute approximate surface area is 139 Å². The van der Waals surface area contributed by atoms with Crippen LogP contribution in [-0.4, -0.2) is 15.9 Å². The average Bonchev–Trinajstić information content (AvgIpc) is 2.56. The predicted molar refractivity (Wildman–Crippen MR) is 95.3 cm³/mol. The van der Waals surface area contributed by atoms with E-state index in [-0.39, 0.29) is 16.8 Å². The van der Waals surface area contributed by atoms with Gasteiger partial charge in [-0.3, -0.25) is 4.79 Å². The molecule has 1 unspecified atom stereocenters. The fourth-order valence-corrected chi connectivity index (χ4v) is 3.89. The van der Waals surface area contributed by atoms with Gasteiger partial charge in [0.25, 0.3) is 0 Å². The lowest BCUT2D eigenvalue weighted by molar-refractivity contribution is -0.113. The van der Waals surface area contributed by atoms with Crippen LogP contribution in [0.25, 0.3) is 0 Å². The number of carbonyl (C=O) groups is 1. The number of ketones is 1. The number of nitrogens with zero attached hydrogens (tertiary/aromatic N) is 1. The van der Waals surface area contributed by atoms with Gasteiger partial charge >= 0.3 is 0 Å². The summed E-state index contributed by atoms with van der Waals surface area (Å²) in [7, 11) is 0. The van der Waals surface area contributed by atoms with Gasteiger partial charge in [0.1, 0.15) is 10.8 Å². The molecule has 2 aromatic rings. The van der Waals surface area contributed by atoms with Gasteiger partial charge in [0.05, 0.1) is 11.3 Å². The van der Waals surface area contributed by atoms with Crippen molar-refractivity contribution < 1.29 is 9.90 Å². The van der Waals surface area contributed by atoms with Crippen molar-refractivity contribution in [1.82, 2.24) is 0 Å².